The fourth-order valence-corrected chi connectivity index (χ4v) is 0. The van der Waals surface area contributed by atoms with Crippen molar-refractivity contribution in [2.24, 2.45) is 0 Å². The molecule has 0 aromatic carbocycles. The maximum atomic E-state index is 5.42. The molecule has 0 heterocycles. The van der Waals surface area contributed by atoms with Crippen LogP contribution >= 0.6 is 44.7 Å². The fourth-order valence-electron chi connectivity index (χ4n) is 0. The van der Waals surface area contributed by atoms with Gasteiger partial charge in [-0.2, -0.15) is 0 Å². The molecule has 0 aromatic heterocycles. The van der Waals surface area contributed by atoms with E-state index in [9.17, 15) is 0 Å². The smallest absolute Gasteiger partial charge is 0.134 e. The first-order valence-electron chi connectivity index (χ1n) is 1.68. The molecule has 0 aromatic rings. The van der Waals surface area contributed by atoms with Crippen molar-refractivity contribution in [1.29, 1.82) is 0 Å². The SMILES string of the molecule is [B][C@H](C)B(I)I. The number of hydrogen-bond donors (Lipinski definition) is 0. The minimum atomic E-state index is 0.325. The summed E-state index contributed by atoms with van der Waals surface area (Å²) in [6.45, 7) is 2.00. The second-order valence-electron chi connectivity index (χ2n) is 1.19. The molecule has 0 spiro atoms. The molecule has 0 fully saturated rings. The lowest BCUT2D eigenvalue weighted by Crippen LogP contribution is -1.98. The van der Waals surface area contributed by atoms with Gasteiger partial charge in [-0.1, -0.05) is 12.6 Å². The summed E-state index contributed by atoms with van der Waals surface area (Å²) in [6, 6.07) is 0. The molecule has 2 radical (unpaired) electrons. The van der Waals surface area contributed by atoms with Crippen molar-refractivity contribution in [2.45, 2.75) is 12.6 Å². The van der Waals surface area contributed by atoms with Crippen LogP contribution in [0.15, 0.2) is 0 Å². The van der Waals surface area contributed by atoms with Crippen molar-refractivity contribution in [3.63, 3.8) is 0 Å². The van der Waals surface area contributed by atoms with Gasteiger partial charge in [-0.15, -0.1) is 44.7 Å². The third-order valence-electron chi connectivity index (χ3n) is 0.397. The zero-order chi connectivity index (χ0) is 5.15. The van der Waals surface area contributed by atoms with Gasteiger partial charge in [0.15, 0.2) is 0 Å². The summed E-state index contributed by atoms with van der Waals surface area (Å²) >= 11 is 4.59. The maximum Gasteiger partial charge on any atom is 0.283 e. The molecule has 0 aliphatic carbocycles. The van der Waals surface area contributed by atoms with E-state index in [1.807, 2.05) is 6.92 Å². The number of rotatable bonds is 1. The molecule has 4 heteroatoms. The Bertz CT molecular complexity index is 30.5. The van der Waals surface area contributed by atoms with Crippen LogP contribution in [-0.4, -0.2) is 10.3 Å². The lowest BCUT2D eigenvalue weighted by Gasteiger charge is -1.96. The summed E-state index contributed by atoms with van der Waals surface area (Å²) in [5, 5.41) is 0. The van der Waals surface area contributed by atoms with E-state index in [2.05, 4.69) is 44.7 Å². The van der Waals surface area contributed by atoms with Crippen LogP contribution in [0.1, 0.15) is 6.92 Å². The van der Waals surface area contributed by atoms with Crippen molar-refractivity contribution >= 4 is 55.0 Å². The van der Waals surface area contributed by atoms with Crippen molar-refractivity contribution in [3.05, 3.63) is 0 Å². The highest BCUT2D eigenvalue weighted by Gasteiger charge is 2.06. The zero-order valence-corrected chi connectivity index (χ0v) is 7.80. The van der Waals surface area contributed by atoms with Crippen molar-refractivity contribution in [1.82, 2.24) is 0 Å². The molecule has 0 aliphatic rings. The van der Waals surface area contributed by atoms with Crippen molar-refractivity contribution in [2.75, 3.05) is 0 Å². The molecule has 32 valence electrons. The summed E-state index contributed by atoms with van der Waals surface area (Å²) < 4.78 is 0.570. The summed E-state index contributed by atoms with van der Waals surface area (Å²) in [5.74, 6) is 0. The Morgan fingerprint density at radius 1 is 1.67 bits per heavy atom. The van der Waals surface area contributed by atoms with Gasteiger partial charge < -0.3 is 0 Å². The normalized spacial score (nSPS) is 13.8. The summed E-state index contributed by atoms with van der Waals surface area (Å²) in [5.41, 5.74) is 0.325. The van der Waals surface area contributed by atoms with Crippen LogP contribution in [0.3, 0.4) is 0 Å². The van der Waals surface area contributed by atoms with E-state index < -0.39 is 0 Å². The average Bonchev–Trinajstić information content (AvgIpc) is 1.36. The van der Waals surface area contributed by atoms with Crippen LogP contribution in [0, 0.1) is 0 Å². The largest absolute Gasteiger partial charge is 0.283 e. The van der Waals surface area contributed by atoms with Crippen LogP contribution in [0.4, 0.5) is 0 Å². The Hall–Kier alpha value is 1.59. The van der Waals surface area contributed by atoms with Gasteiger partial charge in [0.2, 0.25) is 0 Å². The van der Waals surface area contributed by atoms with E-state index in [4.69, 9.17) is 7.85 Å². The number of halogens is 2. The van der Waals surface area contributed by atoms with E-state index >= 15 is 0 Å². The fraction of sp³-hybridized carbons (Fsp3) is 1.00. The van der Waals surface area contributed by atoms with Gasteiger partial charge in [-0.25, -0.2) is 0 Å². The predicted molar refractivity (Wildman–Crippen MR) is 49.0 cm³/mol. The lowest BCUT2D eigenvalue weighted by molar-refractivity contribution is 1.36. The molecule has 0 unspecified atom stereocenters. The first-order chi connectivity index (χ1) is 2.64. The van der Waals surface area contributed by atoms with Gasteiger partial charge in [0.1, 0.15) is 0 Å². The molecule has 1 atom stereocenters. The highest BCUT2D eigenvalue weighted by atomic mass is 127. The second kappa shape index (κ2) is 3.57. The molecule has 0 amide bonds. The lowest BCUT2D eigenvalue weighted by atomic mass is 9.72. The summed E-state index contributed by atoms with van der Waals surface area (Å²) in [6.07, 6.45) is 0. The second-order valence-corrected chi connectivity index (χ2v) is 6.26. The molecular weight excluding hydrogens is 299 g/mol. The first kappa shape index (κ1) is 7.59. The molecule has 0 aliphatic heterocycles. The van der Waals surface area contributed by atoms with Crippen LogP contribution in [0.25, 0.3) is 0 Å². The van der Waals surface area contributed by atoms with Gasteiger partial charge in [0.05, 0.1) is 7.85 Å². The minimum Gasteiger partial charge on any atom is -0.134 e. The molecule has 0 bridgehead atoms. The van der Waals surface area contributed by atoms with Gasteiger partial charge in [-0.05, 0) is 0 Å². The van der Waals surface area contributed by atoms with Crippen molar-refractivity contribution in [3.8, 4) is 0 Å². The highest BCUT2D eigenvalue weighted by molar-refractivity contribution is 14.3. The van der Waals surface area contributed by atoms with Crippen molar-refractivity contribution < 1.29 is 0 Å². The Kier molecular flexibility index (Phi) is 4.52. The topological polar surface area (TPSA) is 0 Å². The van der Waals surface area contributed by atoms with Gasteiger partial charge >= 0.3 is 0 Å². The molecule has 0 saturated heterocycles. The highest BCUT2D eigenvalue weighted by Crippen LogP contribution is 2.16. The van der Waals surface area contributed by atoms with E-state index in [1.54, 1.807) is 0 Å². The summed E-state index contributed by atoms with van der Waals surface area (Å²) in [7, 11) is 5.42. The van der Waals surface area contributed by atoms with Gasteiger partial charge in [-0.3, -0.25) is 0 Å². The Morgan fingerprint density at radius 3 is 1.83 bits per heavy atom. The average molecular weight is 303 g/mol. The van der Waals surface area contributed by atoms with Gasteiger partial charge in [0.25, 0.3) is 2.43 Å². The van der Waals surface area contributed by atoms with E-state index in [1.165, 1.54) is 0 Å². The predicted octanol–water partition coefficient (Wildman–Crippen LogP) is 1.86. The monoisotopic (exact) mass is 304 g/mol. The Balaban J connectivity index is 2.99. The maximum absolute atomic E-state index is 5.42. The molecule has 0 nitrogen and oxygen atoms in total. The summed E-state index contributed by atoms with van der Waals surface area (Å²) in [4.78, 5) is 0. The molecule has 0 rings (SSSR count). The Morgan fingerprint density at radius 2 is 1.83 bits per heavy atom. The standard InChI is InChI=1S/C2H4B2I2/c1-2(3)4(5)6/h2H,1H3/t2-/m0/s1. The molecular formula is C2H4B2I2. The third kappa shape index (κ3) is 3.77. The molecule has 0 N–H and O–H groups in total. The number of hydrogen-bond acceptors (Lipinski definition) is 0. The van der Waals surface area contributed by atoms with Crippen LogP contribution in [0.5, 0.6) is 0 Å². The van der Waals surface area contributed by atoms with E-state index in [0.29, 0.717) is 8.14 Å². The molecule has 6 heavy (non-hydrogen) atoms. The van der Waals surface area contributed by atoms with Crippen LogP contribution < -0.4 is 0 Å². The van der Waals surface area contributed by atoms with E-state index in [0.717, 1.165) is 0 Å². The quantitative estimate of drug-likeness (QED) is 0.512. The minimum absolute atomic E-state index is 0.325. The van der Waals surface area contributed by atoms with Crippen LogP contribution in [0.2, 0.25) is 5.72 Å². The van der Waals surface area contributed by atoms with Crippen LogP contribution in [-0.2, 0) is 0 Å². The van der Waals surface area contributed by atoms with E-state index in [-0.39, 0.29) is 0 Å². The first-order valence-corrected chi connectivity index (χ1v) is 4.17. The third-order valence-corrected chi connectivity index (χ3v) is 2.67. The Labute approximate surface area is 67.1 Å². The zero-order valence-electron chi connectivity index (χ0n) is 3.49. The molecule has 0 saturated carbocycles. The van der Waals surface area contributed by atoms with Gasteiger partial charge in [0, 0.05) is 0 Å².